The molecule has 0 saturated carbocycles. The molecule has 1 atom stereocenters. The molecule has 0 aromatic rings. The Bertz CT molecular complexity index is 384. The van der Waals surface area contributed by atoms with Gasteiger partial charge >= 0.3 is 5.97 Å². The van der Waals surface area contributed by atoms with E-state index in [-0.39, 0.29) is 17.7 Å². The van der Waals surface area contributed by atoms with Gasteiger partial charge in [0, 0.05) is 19.6 Å². The molecule has 0 aromatic carbocycles. The largest absolute Gasteiger partial charge is 0.481 e. The zero-order valence-corrected chi connectivity index (χ0v) is 12.2. The molecule has 1 N–H and O–H groups in total. The lowest BCUT2D eigenvalue weighted by Crippen LogP contribution is -2.45. The summed E-state index contributed by atoms with van der Waals surface area (Å²) in [6.07, 6.45) is 1.06. The first-order valence-corrected chi connectivity index (χ1v) is 7.10. The molecule has 0 aliphatic carbocycles. The van der Waals surface area contributed by atoms with Crippen molar-refractivity contribution >= 4 is 11.9 Å². The van der Waals surface area contributed by atoms with Crippen LogP contribution in [0, 0.1) is 23.2 Å². The lowest BCUT2D eigenvalue weighted by molar-refractivity contribution is -0.146. The zero-order chi connectivity index (χ0) is 15.1. The molecule has 20 heavy (non-hydrogen) atoms. The van der Waals surface area contributed by atoms with Gasteiger partial charge in [-0.25, -0.2) is 0 Å². The maximum absolute atomic E-state index is 12.2. The van der Waals surface area contributed by atoms with Crippen LogP contribution >= 0.6 is 0 Å². The maximum atomic E-state index is 12.2. The Labute approximate surface area is 120 Å². The van der Waals surface area contributed by atoms with Crippen LogP contribution in [0.3, 0.4) is 0 Å². The van der Waals surface area contributed by atoms with Crippen molar-refractivity contribution < 1.29 is 14.7 Å². The van der Waals surface area contributed by atoms with Gasteiger partial charge in [0.25, 0.3) is 0 Å². The number of piperidine rings is 1. The second kappa shape index (κ2) is 7.85. The van der Waals surface area contributed by atoms with Crippen molar-refractivity contribution in [1.29, 1.82) is 5.26 Å². The second-order valence-electron chi connectivity index (χ2n) is 5.35. The predicted octanol–water partition coefficient (Wildman–Crippen LogP) is 0.791. The Morgan fingerprint density at radius 2 is 2.05 bits per heavy atom. The van der Waals surface area contributed by atoms with E-state index in [9.17, 15) is 9.59 Å². The van der Waals surface area contributed by atoms with E-state index in [0.29, 0.717) is 39.0 Å². The highest BCUT2D eigenvalue weighted by molar-refractivity contribution is 5.79. The molecule has 1 saturated heterocycles. The smallest absolute Gasteiger partial charge is 0.306 e. The fourth-order valence-corrected chi connectivity index (χ4v) is 2.40. The molecule has 0 spiro atoms. The summed E-state index contributed by atoms with van der Waals surface area (Å²) in [6, 6.07) is 2.17. The van der Waals surface area contributed by atoms with E-state index in [2.05, 4.69) is 6.07 Å². The fraction of sp³-hybridized carbons (Fsp3) is 0.786. The minimum atomic E-state index is -0.768. The topological polar surface area (TPSA) is 84.6 Å². The van der Waals surface area contributed by atoms with Gasteiger partial charge in [-0.1, -0.05) is 6.92 Å². The third kappa shape index (κ3) is 4.82. The fourth-order valence-electron chi connectivity index (χ4n) is 2.40. The first kappa shape index (κ1) is 16.4. The number of likely N-dealkylation sites (tertiary alicyclic amines) is 1. The number of likely N-dealkylation sites (N-methyl/N-ethyl adjacent to an activating group) is 1. The van der Waals surface area contributed by atoms with Gasteiger partial charge in [0.2, 0.25) is 5.91 Å². The van der Waals surface area contributed by atoms with Gasteiger partial charge in [0.05, 0.1) is 24.4 Å². The molecule has 1 rings (SSSR count). The van der Waals surface area contributed by atoms with Gasteiger partial charge < -0.3 is 10.0 Å². The highest BCUT2D eigenvalue weighted by Gasteiger charge is 2.27. The van der Waals surface area contributed by atoms with E-state index >= 15 is 0 Å². The number of hydrogen-bond acceptors (Lipinski definition) is 4. The minimum Gasteiger partial charge on any atom is -0.481 e. The predicted molar refractivity (Wildman–Crippen MR) is 73.8 cm³/mol. The van der Waals surface area contributed by atoms with Crippen LogP contribution in [-0.4, -0.2) is 59.5 Å². The van der Waals surface area contributed by atoms with Crippen molar-refractivity contribution in [2.24, 2.45) is 11.8 Å². The molecule has 6 nitrogen and oxygen atoms in total. The van der Waals surface area contributed by atoms with Crippen LogP contribution in [0.4, 0.5) is 0 Å². The molecule has 1 amide bonds. The number of carbonyl (C=O) groups is 2. The number of aliphatic carboxylic acids is 1. The first-order valence-electron chi connectivity index (χ1n) is 7.10. The SMILES string of the molecule is CCN(CC(=O)N1CCC(C(=O)O)CC1)CC(C)C#N. The average molecular weight is 281 g/mol. The van der Waals surface area contributed by atoms with E-state index in [0.717, 1.165) is 6.54 Å². The van der Waals surface area contributed by atoms with Crippen molar-refractivity contribution in [3.8, 4) is 6.07 Å². The van der Waals surface area contributed by atoms with E-state index < -0.39 is 5.97 Å². The van der Waals surface area contributed by atoms with Crippen LogP contribution < -0.4 is 0 Å². The highest BCUT2D eigenvalue weighted by Crippen LogP contribution is 2.17. The summed E-state index contributed by atoms with van der Waals surface area (Å²) >= 11 is 0. The number of hydrogen-bond donors (Lipinski definition) is 1. The standard InChI is InChI=1S/C14H23N3O3/c1-3-16(9-11(2)8-15)10-13(18)17-6-4-12(5-7-17)14(19)20/h11-12H,3-7,9-10H2,1-2H3,(H,19,20). The number of carboxylic acid groups (broad SMARTS) is 1. The summed E-state index contributed by atoms with van der Waals surface area (Å²) in [5.74, 6) is -1.16. The number of carbonyl (C=O) groups excluding carboxylic acids is 1. The van der Waals surface area contributed by atoms with Crippen LogP contribution in [-0.2, 0) is 9.59 Å². The summed E-state index contributed by atoms with van der Waals surface area (Å²) in [6.45, 7) is 6.45. The molecule has 1 fully saturated rings. The van der Waals surface area contributed by atoms with Crippen molar-refractivity contribution in [2.75, 3.05) is 32.7 Å². The molecule has 1 unspecified atom stereocenters. The van der Waals surface area contributed by atoms with Crippen LogP contribution in [0.15, 0.2) is 0 Å². The van der Waals surface area contributed by atoms with Gasteiger partial charge in [-0.05, 0) is 26.3 Å². The molecule has 6 heteroatoms. The van der Waals surface area contributed by atoms with Gasteiger partial charge in [0.15, 0.2) is 0 Å². The summed E-state index contributed by atoms with van der Waals surface area (Å²) in [4.78, 5) is 26.7. The molecule has 1 aliphatic rings. The number of rotatable bonds is 6. The second-order valence-corrected chi connectivity index (χ2v) is 5.35. The van der Waals surface area contributed by atoms with Crippen molar-refractivity contribution in [1.82, 2.24) is 9.80 Å². The third-order valence-electron chi connectivity index (χ3n) is 3.76. The van der Waals surface area contributed by atoms with Gasteiger partial charge in [-0.2, -0.15) is 5.26 Å². The number of carboxylic acids is 1. The van der Waals surface area contributed by atoms with Gasteiger partial charge in [0.1, 0.15) is 0 Å². The zero-order valence-electron chi connectivity index (χ0n) is 12.2. The number of nitrogens with zero attached hydrogens (tertiary/aromatic N) is 3. The Hall–Kier alpha value is -1.61. The van der Waals surface area contributed by atoms with Crippen molar-refractivity contribution in [3.05, 3.63) is 0 Å². The monoisotopic (exact) mass is 281 g/mol. The Morgan fingerprint density at radius 1 is 1.45 bits per heavy atom. The van der Waals surface area contributed by atoms with E-state index in [1.807, 2.05) is 18.7 Å². The van der Waals surface area contributed by atoms with Crippen molar-refractivity contribution in [3.63, 3.8) is 0 Å². The lowest BCUT2D eigenvalue weighted by Gasteiger charge is -2.32. The van der Waals surface area contributed by atoms with Crippen LogP contribution in [0.1, 0.15) is 26.7 Å². The Kier molecular flexibility index (Phi) is 6.46. The van der Waals surface area contributed by atoms with Crippen molar-refractivity contribution in [2.45, 2.75) is 26.7 Å². The molecule has 1 heterocycles. The average Bonchev–Trinajstić information content (AvgIpc) is 2.46. The Balaban J connectivity index is 2.43. The quantitative estimate of drug-likeness (QED) is 0.778. The van der Waals surface area contributed by atoms with Crippen LogP contribution in [0.2, 0.25) is 0 Å². The minimum absolute atomic E-state index is 0.0285. The lowest BCUT2D eigenvalue weighted by atomic mass is 9.97. The summed E-state index contributed by atoms with van der Waals surface area (Å²) in [5, 5.41) is 17.7. The molecule has 0 bridgehead atoms. The van der Waals surface area contributed by atoms with Gasteiger partial charge in [-0.3, -0.25) is 14.5 Å². The number of nitriles is 1. The third-order valence-corrected chi connectivity index (χ3v) is 3.76. The number of amides is 1. The molecule has 0 aromatic heterocycles. The summed E-state index contributed by atoms with van der Waals surface area (Å²) < 4.78 is 0. The highest BCUT2D eigenvalue weighted by atomic mass is 16.4. The summed E-state index contributed by atoms with van der Waals surface area (Å²) in [7, 11) is 0. The van der Waals surface area contributed by atoms with Gasteiger partial charge in [-0.15, -0.1) is 0 Å². The van der Waals surface area contributed by atoms with E-state index in [1.165, 1.54) is 0 Å². The molecule has 0 radical (unpaired) electrons. The molecular formula is C14H23N3O3. The molecule has 112 valence electrons. The molecule has 1 aliphatic heterocycles. The molecular weight excluding hydrogens is 258 g/mol. The van der Waals surface area contributed by atoms with Crippen LogP contribution in [0.25, 0.3) is 0 Å². The van der Waals surface area contributed by atoms with Crippen LogP contribution in [0.5, 0.6) is 0 Å². The van der Waals surface area contributed by atoms with E-state index in [4.69, 9.17) is 10.4 Å². The normalized spacial score (nSPS) is 17.8. The Morgan fingerprint density at radius 3 is 2.50 bits per heavy atom. The maximum Gasteiger partial charge on any atom is 0.306 e. The summed E-state index contributed by atoms with van der Waals surface area (Å²) in [5.41, 5.74) is 0. The first-order chi connectivity index (χ1) is 9.47. The van der Waals surface area contributed by atoms with E-state index in [1.54, 1.807) is 4.90 Å².